The molecule has 0 aromatic carbocycles. The molecule has 132 valence electrons. The number of carbonyl (C=O) groups excluding carboxylic acids is 1. The van der Waals surface area contributed by atoms with Crippen LogP contribution in [0.25, 0.3) is 0 Å². The molecule has 1 aliphatic rings. The predicted octanol–water partition coefficient (Wildman–Crippen LogP) is 1.45. The highest BCUT2D eigenvalue weighted by Crippen LogP contribution is 2.17. The van der Waals surface area contributed by atoms with Gasteiger partial charge in [-0.3, -0.25) is 14.6 Å². The van der Waals surface area contributed by atoms with Gasteiger partial charge in [-0.2, -0.15) is 0 Å². The van der Waals surface area contributed by atoms with Crippen molar-refractivity contribution in [1.82, 2.24) is 20.2 Å². The predicted molar refractivity (Wildman–Crippen MR) is 96.9 cm³/mol. The second-order valence-corrected chi connectivity index (χ2v) is 6.43. The molecule has 2 N–H and O–H groups in total. The quantitative estimate of drug-likeness (QED) is 0.864. The highest BCUT2D eigenvalue weighted by Gasteiger charge is 2.21. The van der Waals surface area contributed by atoms with Gasteiger partial charge in [0.1, 0.15) is 5.56 Å². The third kappa shape index (κ3) is 4.14. The fourth-order valence-corrected chi connectivity index (χ4v) is 3.25. The van der Waals surface area contributed by atoms with Crippen molar-refractivity contribution < 1.29 is 4.79 Å². The Balaban J connectivity index is 1.72. The maximum absolute atomic E-state index is 12.8. The lowest BCUT2D eigenvalue weighted by atomic mass is 10.0. The largest absolute Gasteiger partial charge is 0.352 e. The molecule has 2 aromatic heterocycles. The first-order valence-corrected chi connectivity index (χ1v) is 8.76. The van der Waals surface area contributed by atoms with E-state index in [1.54, 1.807) is 17.0 Å². The topological polar surface area (TPSA) is 76.0 Å². The number of carbonyl (C=O) groups is 1. The van der Waals surface area contributed by atoms with E-state index in [4.69, 9.17) is 0 Å². The molecule has 1 amide bonds. The molecule has 1 saturated heterocycles. The van der Waals surface area contributed by atoms with Gasteiger partial charge >= 0.3 is 0 Å². The van der Waals surface area contributed by atoms with Gasteiger partial charge in [0.15, 0.2) is 0 Å². The summed E-state index contributed by atoms with van der Waals surface area (Å²) >= 11 is 0. The van der Waals surface area contributed by atoms with Crippen molar-refractivity contribution >= 4 is 5.91 Å². The minimum Gasteiger partial charge on any atom is -0.352 e. The van der Waals surface area contributed by atoms with Crippen LogP contribution in [0.15, 0.2) is 41.6 Å². The molecular weight excluding hydrogens is 316 g/mol. The molecule has 0 spiro atoms. The van der Waals surface area contributed by atoms with Crippen molar-refractivity contribution in [1.29, 1.82) is 0 Å². The van der Waals surface area contributed by atoms with Crippen LogP contribution in [0.4, 0.5) is 0 Å². The number of amides is 1. The number of hydrogen-bond donors (Lipinski definition) is 2. The van der Waals surface area contributed by atoms with Crippen molar-refractivity contribution in [3.05, 3.63) is 63.8 Å². The fourth-order valence-electron chi connectivity index (χ4n) is 3.25. The van der Waals surface area contributed by atoms with Crippen molar-refractivity contribution in [3.63, 3.8) is 0 Å². The number of nitrogens with one attached hydrogen (secondary N) is 2. The molecule has 25 heavy (non-hydrogen) atoms. The van der Waals surface area contributed by atoms with Crippen LogP contribution in [0.5, 0.6) is 0 Å². The Labute approximate surface area is 147 Å². The number of piperidine rings is 1. The van der Waals surface area contributed by atoms with E-state index in [2.05, 4.69) is 15.6 Å². The van der Waals surface area contributed by atoms with Crippen LogP contribution in [0.2, 0.25) is 0 Å². The Morgan fingerprint density at radius 3 is 2.72 bits per heavy atom. The third-order valence-electron chi connectivity index (χ3n) is 4.71. The molecule has 0 saturated carbocycles. The summed E-state index contributed by atoms with van der Waals surface area (Å²) < 4.78 is 1.73. The maximum Gasteiger partial charge on any atom is 0.263 e. The average molecular weight is 340 g/mol. The van der Waals surface area contributed by atoms with E-state index < -0.39 is 0 Å². The number of aromatic nitrogens is 2. The average Bonchev–Trinajstić information content (AvgIpc) is 2.63. The van der Waals surface area contributed by atoms with Crippen LogP contribution in [-0.4, -0.2) is 35.1 Å². The number of hydrogen-bond acceptors (Lipinski definition) is 4. The normalized spacial score (nSPS) is 15.1. The Bertz CT molecular complexity index is 780. The minimum absolute atomic E-state index is 0.165. The Hall–Kier alpha value is -2.47. The summed E-state index contributed by atoms with van der Waals surface area (Å²) in [6, 6.07) is 5.87. The molecule has 6 heteroatoms. The molecule has 0 unspecified atom stereocenters. The Morgan fingerprint density at radius 2 is 2.00 bits per heavy atom. The van der Waals surface area contributed by atoms with Gasteiger partial charge < -0.3 is 15.2 Å². The number of aryl methyl sites for hydroxylation is 1. The van der Waals surface area contributed by atoms with Gasteiger partial charge in [0.25, 0.3) is 11.5 Å². The van der Waals surface area contributed by atoms with Gasteiger partial charge in [0, 0.05) is 31.2 Å². The van der Waals surface area contributed by atoms with Gasteiger partial charge in [-0.25, -0.2) is 0 Å². The highest BCUT2D eigenvalue weighted by molar-refractivity contribution is 5.95. The standard InChI is InChI=1S/C19H24N4O2/c1-14-7-13-23(16-5-10-21-11-6-16)19(25)17(14)18(24)22-12-4-15-2-8-20-9-3-15/h2-3,7-9,13,16,21H,4-6,10-12H2,1H3,(H,22,24). The van der Waals surface area contributed by atoms with E-state index in [1.807, 2.05) is 31.3 Å². The first kappa shape index (κ1) is 17.4. The van der Waals surface area contributed by atoms with Gasteiger partial charge in [-0.15, -0.1) is 0 Å². The van der Waals surface area contributed by atoms with Gasteiger partial charge in [-0.1, -0.05) is 0 Å². The van der Waals surface area contributed by atoms with Crippen LogP contribution in [-0.2, 0) is 6.42 Å². The van der Waals surface area contributed by atoms with Crippen LogP contribution in [0.1, 0.15) is 40.4 Å². The van der Waals surface area contributed by atoms with Gasteiger partial charge in [-0.05, 0) is 68.6 Å². The summed E-state index contributed by atoms with van der Waals surface area (Å²) in [4.78, 5) is 29.4. The summed E-state index contributed by atoms with van der Waals surface area (Å²) in [5, 5.41) is 6.17. The molecule has 3 rings (SSSR count). The van der Waals surface area contributed by atoms with E-state index in [0.29, 0.717) is 13.0 Å². The minimum atomic E-state index is -0.292. The lowest BCUT2D eigenvalue weighted by Gasteiger charge is -2.25. The molecule has 1 aliphatic heterocycles. The zero-order valence-electron chi connectivity index (χ0n) is 14.5. The Morgan fingerprint density at radius 1 is 1.28 bits per heavy atom. The lowest BCUT2D eigenvalue weighted by Crippen LogP contribution is -2.38. The van der Waals surface area contributed by atoms with Crippen LogP contribution >= 0.6 is 0 Å². The summed E-state index contributed by atoms with van der Waals surface area (Å²) in [6.07, 6.45) is 7.81. The van der Waals surface area contributed by atoms with Crippen LogP contribution in [0.3, 0.4) is 0 Å². The highest BCUT2D eigenvalue weighted by atomic mass is 16.2. The van der Waals surface area contributed by atoms with Gasteiger partial charge in [0.05, 0.1) is 0 Å². The fraction of sp³-hybridized carbons (Fsp3) is 0.421. The van der Waals surface area contributed by atoms with Gasteiger partial charge in [0.2, 0.25) is 0 Å². The van der Waals surface area contributed by atoms with E-state index in [0.717, 1.165) is 37.1 Å². The zero-order valence-corrected chi connectivity index (χ0v) is 14.5. The number of nitrogens with zero attached hydrogens (tertiary/aromatic N) is 2. The second-order valence-electron chi connectivity index (χ2n) is 6.43. The van der Waals surface area contributed by atoms with E-state index in [1.165, 1.54) is 0 Å². The molecule has 0 bridgehead atoms. The summed E-state index contributed by atoms with van der Waals surface area (Å²) in [5.41, 5.74) is 1.90. The van der Waals surface area contributed by atoms with Crippen LogP contribution in [0, 0.1) is 6.92 Å². The molecule has 0 aliphatic carbocycles. The first-order chi connectivity index (χ1) is 12.2. The Kier molecular flexibility index (Phi) is 5.60. The van der Waals surface area contributed by atoms with Crippen molar-refractivity contribution in [2.24, 2.45) is 0 Å². The number of rotatable bonds is 5. The maximum atomic E-state index is 12.8. The first-order valence-electron chi connectivity index (χ1n) is 8.76. The van der Waals surface area contributed by atoms with Crippen molar-refractivity contribution in [2.45, 2.75) is 32.2 Å². The molecule has 0 atom stereocenters. The molecule has 6 nitrogen and oxygen atoms in total. The third-order valence-corrected chi connectivity index (χ3v) is 4.71. The second kappa shape index (κ2) is 8.07. The molecule has 2 aromatic rings. The molecule has 3 heterocycles. The molecular formula is C19H24N4O2. The van der Waals surface area contributed by atoms with Crippen LogP contribution < -0.4 is 16.2 Å². The summed E-state index contributed by atoms with van der Waals surface area (Å²) in [5.74, 6) is -0.292. The van der Waals surface area contributed by atoms with E-state index >= 15 is 0 Å². The van der Waals surface area contributed by atoms with Crippen molar-refractivity contribution in [2.75, 3.05) is 19.6 Å². The molecule has 0 radical (unpaired) electrons. The van der Waals surface area contributed by atoms with E-state index in [9.17, 15) is 9.59 Å². The zero-order chi connectivity index (χ0) is 17.6. The van der Waals surface area contributed by atoms with E-state index in [-0.39, 0.29) is 23.1 Å². The summed E-state index contributed by atoms with van der Waals surface area (Å²) in [7, 11) is 0. The smallest absolute Gasteiger partial charge is 0.263 e. The lowest BCUT2D eigenvalue weighted by molar-refractivity contribution is 0.0951. The summed E-state index contributed by atoms with van der Waals surface area (Å²) in [6.45, 7) is 4.10. The molecule has 1 fully saturated rings. The number of pyridine rings is 2. The SMILES string of the molecule is Cc1ccn(C2CCNCC2)c(=O)c1C(=O)NCCc1ccncc1. The monoisotopic (exact) mass is 340 g/mol. The van der Waals surface area contributed by atoms with Crippen molar-refractivity contribution in [3.8, 4) is 0 Å².